The molecule has 0 unspecified atom stereocenters. The SMILES string of the molecule is CCNC(=O)N(C)c1nc2ccc(C(=O)O)cc2s1. The van der Waals surface area contributed by atoms with E-state index in [4.69, 9.17) is 5.11 Å². The summed E-state index contributed by atoms with van der Waals surface area (Å²) in [4.78, 5) is 28.3. The first-order valence-corrected chi connectivity index (χ1v) is 6.50. The molecule has 0 radical (unpaired) electrons. The number of carbonyl (C=O) groups excluding carboxylic acids is 1. The maximum Gasteiger partial charge on any atom is 0.335 e. The molecular formula is C12H13N3O3S. The molecule has 0 bridgehead atoms. The topological polar surface area (TPSA) is 82.5 Å². The quantitative estimate of drug-likeness (QED) is 0.902. The lowest BCUT2D eigenvalue weighted by Gasteiger charge is -2.13. The molecule has 2 rings (SSSR count). The third-order valence-corrected chi connectivity index (χ3v) is 3.64. The summed E-state index contributed by atoms with van der Waals surface area (Å²) in [6.45, 7) is 2.38. The van der Waals surface area contributed by atoms with Gasteiger partial charge in [-0.25, -0.2) is 14.6 Å². The van der Waals surface area contributed by atoms with Gasteiger partial charge in [-0.3, -0.25) is 4.90 Å². The van der Waals surface area contributed by atoms with Crippen molar-refractivity contribution in [1.29, 1.82) is 0 Å². The maximum absolute atomic E-state index is 11.7. The number of carbonyl (C=O) groups is 2. The average Bonchev–Trinajstić information content (AvgIpc) is 2.80. The summed E-state index contributed by atoms with van der Waals surface area (Å²) in [5.74, 6) is -0.978. The minimum atomic E-state index is -0.978. The van der Waals surface area contributed by atoms with Gasteiger partial charge in [0, 0.05) is 13.6 Å². The monoisotopic (exact) mass is 279 g/mol. The van der Waals surface area contributed by atoms with Gasteiger partial charge in [-0.05, 0) is 25.1 Å². The minimum Gasteiger partial charge on any atom is -0.478 e. The van der Waals surface area contributed by atoms with Crippen molar-refractivity contribution in [2.45, 2.75) is 6.92 Å². The number of thiazole rings is 1. The first-order chi connectivity index (χ1) is 9.02. The van der Waals surface area contributed by atoms with E-state index in [2.05, 4.69) is 10.3 Å². The molecule has 6 nitrogen and oxygen atoms in total. The van der Waals surface area contributed by atoms with Gasteiger partial charge in [-0.15, -0.1) is 0 Å². The number of carboxylic acids is 1. The Morgan fingerprint density at radius 3 is 2.84 bits per heavy atom. The van der Waals surface area contributed by atoms with Crippen molar-refractivity contribution in [1.82, 2.24) is 10.3 Å². The van der Waals surface area contributed by atoms with Crippen LogP contribution in [0.15, 0.2) is 18.2 Å². The molecule has 2 aromatic rings. The van der Waals surface area contributed by atoms with Crippen molar-refractivity contribution in [2.24, 2.45) is 0 Å². The molecule has 19 heavy (non-hydrogen) atoms. The molecule has 2 amide bonds. The molecule has 1 heterocycles. The van der Waals surface area contributed by atoms with E-state index in [-0.39, 0.29) is 11.6 Å². The fourth-order valence-electron chi connectivity index (χ4n) is 1.55. The lowest BCUT2D eigenvalue weighted by atomic mass is 10.2. The molecule has 1 aromatic heterocycles. The smallest absolute Gasteiger partial charge is 0.335 e. The zero-order chi connectivity index (χ0) is 14.0. The molecular weight excluding hydrogens is 266 g/mol. The van der Waals surface area contributed by atoms with Crippen molar-refractivity contribution in [3.05, 3.63) is 23.8 Å². The van der Waals surface area contributed by atoms with Crippen LogP contribution in [0.25, 0.3) is 10.2 Å². The van der Waals surface area contributed by atoms with Crippen molar-refractivity contribution in [3.63, 3.8) is 0 Å². The van der Waals surface area contributed by atoms with E-state index in [0.29, 0.717) is 17.2 Å². The largest absolute Gasteiger partial charge is 0.478 e. The van der Waals surface area contributed by atoms with Crippen molar-refractivity contribution < 1.29 is 14.7 Å². The van der Waals surface area contributed by atoms with Crippen LogP contribution in [0.4, 0.5) is 9.93 Å². The van der Waals surface area contributed by atoms with Gasteiger partial charge in [0.05, 0.1) is 15.8 Å². The van der Waals surface area contributed by atoms with Gasteiger partial charge in [0.15, 0.2) is 5.13 Å². The second-order valence-corrected chi connectivity index (χ2v) is 4.89. The summed E-state index contributed by atoms with van der Waals surface area (Å²) in [5.41, 5.74) is 0.893. The van der Waals surface area contributed by atoms with Gasteiger partial charge in [0.1, 0.15) is 0 Å². The van der Waals surface area contributed by atoms with Gasteiger partial charge < -0.3 is 10.4 Å². The number of aromatic carboxylic acids is 1. The molecule has 1 aromatic carbocycles. The van der Waals surface area contributed by atoms with E-state index < -0.39 is 5.97 Å². The Labute approximate surface area is 113 Å². The van der Waals surface area contributed by atoms with E-state index in [9.17, 15) is 9.59 Å². The molecule has 7 heteroatoms. The van der Waals surface area contributed by atoms with Crippen LogP contribution in [0.2, 0.25) is 0 Å². The third kappa shape index (κ3) is 2.65. The highest BCUT2D eigenvalue weighted by Gasteiger charge is 2.15. The lowest BCUT2D eigenvalue weighted by molar-refractivity contribution is 0.0697. The summed E-state index contributed by atoms with van der Waals surface area (Å²) in [7, 11) is 1.63. The van der Waals surface area contributed by atoms with Crippen LogP contribution in [0.1, 0.15) is 17.3 Å². The first-order valence-electron chi connectivity index (χ1n) is 5.68. The Balaban J connectivity index is 2.36. The van der Waals surface area contributed by atoms with Crippen molar-refractivity contribution in [2.75, 3.05) is 18.5 Å². The Kier molecular flexibility index (Phi) is 3.66. The average molecular weight is 279 g/mol. The fourth-order valence-corrected chi connectivity index (χ4v) is 2.51. The van der Waals surface area contributed by atoms with E-state index in [1.807, 2.05) is 6.92 Å². The number of hydrogen-bond acceptors (Lipinski definition) is 4. The lowest BCUT2D eigenvalue weighted by Crippen LogP contribution is -2.36. The van der Waals surface area contributed by atoms with Gasteiger partial charge in [-0.1, -0.05) is 11.3 Å². The third-order valence-electron chi connectivity index (χ3n) is 2.54. The minimum absolute atomic E-state index is 0.211. The van der Waals surface area contributed by atoms with Crippen molar-refractivity contribution >= 4 is 38.7 Å². The van der Waals surface area contributed by atoms with Crippen LogP contribution in [0, 0.1) is 0 Å². The van der Waals surface area contributed by atoms with E-state index >= 15 is 0 Å². The molecule has 0 spiro atoms. The molecule has 0 saturated heterocycles. The van der Waals surface area contributed by atoms with Gasteiger partial charge in [0.2, 0.25) is 0 Å². The number of carboxylic acid groups (broad SMARTS) is 1. The maximum atomic E-state index is 11.7. The van der Waals surface area contributed by atoms with Gasteiger partial charge >= 0.3 is 12.0 Å². The summed E-state index contributed by atoms with van der Waals surface area (Å²) in [6, 6.07) is 4.47. The highest BCUT2D eigenvalue weighted by Crippen LogP contribution is 2.28. The molecule has 0 aliphatic heterocycles. The summed E-state index contributed by atoms with van der Waals surface area (Å²) >= 11 is 1.28. The number of benzene rings is 1. The van der Waals surface area contributed by atoms with E-state index in [0.717, 1.165) is 4.70 Å². The standard InChI is InChI=1S/C12H13N3O3S/c1-3-13-11(18)15(2)12-14-8-5-4-7(10(16)17)6-9(8)19-12/h4-6H,3H2,1-2H3,(H,13,18)(H,16,17). The number of amides is 2. The van der Waals surface area contributed by atoms with Crippen LogP contribution < -0.4 is 10.2 Å². The molecule has 0 aliphatic rings. The molecule has 0 aliphatic carbocycles. The number of urea groups is 1. The highest BCUT2D eigenvalue weighted by atomic mass is 32.1. The Morgan fingerprint density at radius 1 is 1.47 bits per heavy atom. The van der Waals surface area contributed by atoms with Gasteiger partial charge in [-0.2, -0.15) is 0 Å². The van der Waals surface area contributed by atoms with Crippen LogP contribution in [-0.2, 0) is 0 Å². The summed E-state index contributed by atoms with van der Waals surface area (Å²) in [6.07, 6.45) is 0. The van der Waals surface area contributed by atoms with Crippen LogP contribution >= 0.6 is 11.3 Å². The highest BCUT2D eigenvalue weighted by molar-refractivity contribution is 7.22. The molecule has 100 valence electrons. The van der Waals surface area contributed by atoms with E-state index in [1.165, 1.54) is 22.3 Å². The Bertz CT molecular complexity index is 638. The Hall–Kier alpha value is -2.15. The number of nitrogens with one attached hydrogen (secondary N) is 1. The predicted octanol–water partition coefficient (Wildman–Crippen LogP) is 2.16. The second kappa shape index (κ2) is 5.23. The van der Waals surface area contributed by atoms with E-state index in [1.54, 1.807) is 19.2 Å². The second-order valence-electron chi connectivity index (χ2n) is 3.88. The van der Waals surface area contributed by atoms with Gasteiger partial charge in [0.25, 0.3) is 0 Å². The number of fused-ring (bicyclic) bond motifs is 1. The summed E-state index contributed by atoms with van der Waals surface area (Å²) < 4.78 is 0.742. The van der Waals surface area contributed by atoms with Crippen LogP contribution in [-0.4, -0.2) is 35.7 Å². The number of hydrogen-bond donors (Lipinski definition) is 2. The normalized spacial score (nSPS) is 10.4. The van der Waals surface area contributed by atoms with Crippen molar-refractivity contribution in [3.8, 4) is 0 Å². The molecule has 0 fully saturated rings. The van der Waals surface area contributed by atoms with Crippen LogP contribution in [0.5, 0.6) is 0 Å². The zero-order valence-electron chi connectivity index (χ0n) is 10.5. The first kappa shape index (κ1) is 13.3. The summed E-state index contributed by atoms with van der Waals surface area (Å²) in [5, 5.41) is 12.1. The number of rotatable bonds is 3. The zero-order valence-corrected chi connectivity index (χ0v) is 11.3. The van der Waals surface area contributed by atoms with Crippen LogP contribution in [0.3, 0.4) is 0 Å². The number of anilines is 1. The fraction of sp³-hybridized carbons (Fsp3) is 0.250. The number of nitrogens with zero attached hydrogens (tertiary/aromatic N) is 2. The number of aromatic nitrogens is 1. The Morgan fingerprint density at radius 2 is 2.21 bits per heavy atom. The molecule has 2 N–H and O–H groups in total. The molecule has 0 saturated carbocycles. The molecule has 0 atom stereocenters. The predicted molar refractivity (Wildman–Crippen MR) is 74.1 cm³/mol.